The summed E-state index contributed by atoms with van der Waals surface area (Å²) in [6.45, 7) is 3.37. The smallest absolute Gasteiger partial charge is 0.343 e. The predicted molar refractivity (Wildman–Crippen MR) is 135 cm³/mol. The normalized spacial score (nSPS) is 13.5. The number of carbonyl (C=O) groups is 2. The first-order valence-electron chi connectivity index (χ1n) is 11.5. The van der Waals surface area contributed by atoms with Crippen molar-refractivity contribution in [1.29, 1.82) is 0 Å². The second-order valence-corrected chi connectivity index (χ2v) is 8.93. The molecule has 4 rings (SSSR count). The van der Waals surface area contributed by atoms with E-state index in [1.165, 1.54) is 23.8 Å². The molecule has 12 heteroatoms. The minimum Gasteiger partial charge on any atom is -0.462 e. The van der Waals surface area contributed by atoms with Crippen molar-refractivity contribution in [2.24, 2.45) is 0 Å². The van der Waals surface area contributed by atoms with E-state index >= 15 is 4.39 Å². The van der Waals surface area contributed by atoms with Crippen molar-refractivity contribution in [3.8, 4) is 5.69 Å². The first-order chi connectivity index (χ1) is 17.6. The summed E-state index contributed by atoms with van der Waals surface area (Å²) in [6.07, 6.45) is 1.19. The molecule has 0 saturated carbocycles. The number of likely N-dealkylation sites (N-methyl/N-ethyl adjacent to an activating group) is 1. The Morgan fingerprint density at radius 2 is 1.89 bits per heavy atom. The third-order valence-electron chi connectivity index (χ3n) is 6.15. The van der Waals surface area contributed by atoms with Gasteiger partial charge in [-0.3, -0.25) is 9.59 Å². The van der Waals surface area contributed by atoms with E-state index in [9.17, 15) is 18.8 Å². The molecule has 0 amide bonds. The lowest BCUT2D eigenvalue weighted by molar-refractivity contribution is -0.142. The summed E-state index contributed by atoms with van der Waals surface area (Å²) < 4.78 is 41.2. The summed E-state index contributed by atoms with van der Waals surface area (Å²) >= 11 is 6.75. The topological polar surface area (TPSA) is 116 Å². The highest BCUT2D eigenvalue weighted by molar-refractivity contribution is 6.38. The number of carbonyl (C=O) groups excluding carboxylic acids is 2. The third kappa shape index (κ3) is 4.84. The van der Waals surface area contributed by atoms with Crippen LogP contribution in [0, 0.1) is 11.6 Å². The molecular formula is C25H25ClF2N4O5. The maximum atomic E-state index is 15.3. The average molecular weight is 535 g/mol. The number of aromatic nitrogens is 1. The van der Waals surface area contributed by atoms with Gasteiger partial charge in [-0.05, 0) is 32.2 Å². The number of esters is 2. The molecule has 0 atom stereocenters. The SMILES string of the molecule is CCOC(=O)c1cn(-c2cc(N)c(F)cc2COC(C)=O)c2c(Cl)c(N3CC(NC)C3)c(F)cc2c1=O. The molecule has 0 aliphatic carbocycles. The van der Waals surface area contributed by atoms with Gasteiger partial charge in [0.25, 0.3) is 0 Å². The van der Waals surface area contributed by atoms with Gasteiger partial charge >= 0.3 is 11.9 Å². The fourth-order valence-electron chi connectivity index (χ4n) is 4.22. The zero-order chi connectivity index (χ0) is 27.0. The molecule has 1 aliphatic rings. The van der Waals surface area contributed by atoms with Crippen molar-refractivity contribution in [3.63, 3.8) is 0 Å². The van der Waals surface area contributed by atoms with Gasteiger partial charge in [0, 0.05) is 37.8 Å². The number of nitrogens with zero attached hydrogens (tertiary/aromatic N) is 2. The van der Waals surface area contributed by atoms with Crippen molar-refractivity contribution in [2.45, 2.75) is 26.5 Å². The first-order valence-corrected chi connectivity index (χ1v) is 11.8. The molecule has 1 aromatic heterocycles. The van der Waals surface area contributed by atoms with Gasteiger partial charge in [-0.25, -0.2) is 13.6 Å². The fraction of sp³-hybridized carbons (Fsp3) is 0.320. The number of hydrogen-bond acceptors (Lipinski definition) is 8. The highest BCUT2D eigenvalue weighted by atomic mass is 35.5. The summed E-state index contributed by atoms with van der Waals surface area (Å²) in [5, 5.41) is 2.82. The van der Waals surface area contributed by atoms with E-state index in [-0.39, 0.29) is 57.8 Å². The Hall–Kier alpha value is -3.70. The minimum absolute atomic E-state index is 0.00679. The number of hydrogen-bond donors (Lipinski definition) is 2. The van der Waals surface area contributed by atoms with Crippen LogP contribution in [0.4, 0.5) is 20.2 Å². The molecule has 3 aromatic rings. The van der Waals surface area contributed by atoms with Gasteiger partial charge in [-0.1, -0.05) is 11.6 Å². The zero-order valence-corrected chi connectivity index (χ0v) is 21.1. The van der Waals surface area contributed by atoms with Crippen LogP contribution in [0.15, 0.2) is 29.2 Å². The van der Waals surface area contributed by atoms with Crippen molar-refractivity contribution >= 4 is 45.8 Å². The molecule has 0 unspecified atom stereocenters. The third-order valence-corrected chi connectivity index (χ3v) is 6.50. The lowest BCUT2D eigenvalue weighted by Crippen LogP contribution is -2.57. The summed E-state index contributed by atoms with van der Waals surface area (Å²) in [5.74, 6) is -3.05. The molecule has 0 spiro atoms. The monoisotopic (exact) mass is 534 g/mol. The minimum atomic E-state index is -0.931. The molecule has 3 N–H and O–H groups in total. The molecule has 0 bridgehead atoms. The molecule has 1 aliphatic heterocycles. The Labute approximate surface area is 215 Å². The summed E-state index contributed by atoms with van der Waals surface area (Å²) in [7, 11) is 1.79. The lowest BCUT2D eigenvalue weighted by Gasteiger charge is -2.41. The number of nitrogens with one attached hydrogen (secondary N) is 1. The predicted octanol–water partition coefficient (Wildman–Crippen LogP) is 3.15. The maximum Gasteiger partial charge on any atom is 0.343 e. The Kier molecular flexibility index (Phi) is 7.37. The largest absolute Gasteiger partial charge is 0.462 e. The van der Waals surface area contributed by atoms with Crippen molar-refractivity contribution in [3.05, 3.63) is 62.4 Å². The molecule has 37 heavy (non-hydrogen) atoms. The van der Waals surface area contributed by atoms with Crippen LogP contribution in [0.1, 0.15) is 29.8 Å². The van der Waals surface area contributed by atoms with Gasteiger partial charge in [0.1, 0.15) is 23.8 Å². The van der Waals surface area contributed by atoms with E-state index in [0.717, 1.165) is 12.1 Å². The number of ether oxygens (including phenoxy) is 2. The van der Waals surface area contributed by atoms with Gasteiger partial charge in [-0.2, -0.15) is 0 Å². The molecule has 196 valence electrons. The number of rotatable bonds is 7. The van der Waals surface area contributed by atoms with E-state index in [0.29, 0.717) is 13.1 Å². The van der Waals surface area contributed by atoms with Crippen LogP contribution in [0.5, 0.6) is 0 Å². The number of pyridine rings is 1. The lowest BCUT2D eigenvalue weighted by atomic mass is 10.0. The van der Waals surface area contributed by atoms with Gasteiger partial charge < -0.3 is 30.0 Å². The van der Waals surface area contributed by atoms with Crippen LogP contribution in [-0.4, -0.2) is 49.3 Å². The van der Waals surface area contributed by atoms with Crippen molar-refractivity contribution in [2.75, 3.05) is 37.4 Å². The molecule has 2 heterocycles. The van der Waals surface area contributed by atoms with Crippen LogP contribution >= 0.6 is 11.6 Å². The number of fused-ring (bicyclic) bond motifs is 1. The van der Waals surface area contributed by atoms with E-state index in [1.807, 2.05) is 0 Å². The van der Waals surface area contributed by atoms with Crippen molar-refractivity contribution in [1.82, 2.24) is 9.88 Å². The highest BCUT2D eigenvalue weighted by Crippen LogP contribution is 2.39. The number of nitrogens with two attached hydrogens (primary N) is 1. The average Bonchev–Trinajstić information content (AvgIpc) is 2.81. The Morgan fingerprint density at radius 3 is 2.51 bits per heavy atom. The van der Waals surface area contributed by atoms with E-state index in [2.05, 4.69) is 5.32 Å². The van der Waals surface area contributed by atoms with Gasteiger partial charge in [-0.15, -0.1) is 0 Å². The second-order valence-electron chi connectivity index (χ2n) is 8.55. The molecule has 9 nitrogen and oxygen atoms in total. The van der Waals surface area contributed by atoms with Gasteiger partial charge in [0.05, 0.1) is 39.6 Å². The number of halogens is 3. The Balaban J connectivity index is 2.07. The summed E-state index contributed by atoms with van der Waals surface area (Å²) in [5.41, 5.74) is 4.91. The Bertz CT molecular complexity index is 1470. The molecule has 2 aromatic carbocycles. The van der Waals surface area contributed by atoms with E-state index in [1.54, 1.807) is 18.9 Å². The fourth-order valence-corrected chi connectivity index (χ4v) is 4.62. The highest BCUT2D eigenvalue weighted by Gasteiger charge is 2.32. The number of anilines is 2. The van der Waals surface area contributed by atoms with Crippen LogP contribution in [0.2, 0.25) is 5.02 Å². The second kappa shape index (κ2) is 10.3. The molecule has 0 radical (unpaired) electrons. The van der Waals surface area contributed by atoms with Gasteiger partial charge in [0.2, 0.25) is 5.43 Å². The standard InChI is InChI=1S/C25H25ClF2N4O5/c1-4-36-25(35)16-10-32(20-7-19(29)17(27)5-13(20)11-37-12(2)33)22-15(24(16)34)6-18(28)23(21(22)26)31-8-14(9-31)30-3/h5-7,10,14,30H,4,8-9,11,29H2,1-3H3. The van der Waals surface area contributed by atoms with E-state index < -0.39 is 34.6 Å². The molecule has 1 fully saturated rings. The molecular weight excluding hydrogens is 510 g/mol. The number of nitrogen functional groups attached to an aromatic ring is 1. The Morgan fingerprint density at radius 1 is 1.19 bits per heavy atom. The van der Waals surface area contributed by atoms with Crippen molar-refractivity contribution < 1.29 is 27.8 Å². The van der Waals surface area contributed by atoms with Crippen LogP contribution < -0.4 is 21.4 Å². The van der Waals surface area contributed by atoms with Crippen LogP contribution in [0.3, 0.4) is 0 Å². The summed E-state index contributed by atoms with van der Waals surface area (Å²) in [4.78, 5) is 39.1. The van der Waals surface area contributed by atoms with E-state index in [4.69, 9.17) is 26.8 Å². The first kappa shape index (κ1) is 26.4. The summed E-state index contributed by atoms with van der Waals surface area (Å²) in [6, 6.07) is 3.48. The number of benzene rings is 2. The van der Waals surface area contributed by atoms with Crippen LogP contribution in [0.25, 0.3) is 16.6 Å². The maximum absolute atomic E-state index is 15.3. The zero-order valence-electron chi connectivity index (χ0n) is 20.4. The molecule has 1 saturated heterocycles. The van der Waals surface area contributed by atoms with Gasteiger partial charge in [0.15, 0.2) is 0 Å². The quantitative estimate of drug-likeness (QED) is 0.351. The van der Waals surface area contributed by atoms with Crippen LogP contribution in [-0.2, 0) is 20.9 Å².